The van der Waals surface area contributed by atoms with E-state index in [9.17, 15) is 9.59 Å². The Bertz CT molecular complexity index is 588. The van der Waals surface area contributed by atoms with Gasteiger partial charge in [0.2, 0.25) is 5.91 Å². The second kappa shape index (κ2) is 4.56. The lowest BCUT2D eigenvalue weighted by molar-refractivity contribution is -0.134. The van der Waals surface area contributed by atoms with Gasteiger partial charge < -0.3 is 10.6 Å². The Labute approximate surface area is 122 Å². The SMILES string of the molecule is NC(=O)c1cnn(C2CN(C3CCN(C4CC4)C3=O)C2)c1. The van der Waals surface area contributed by atoms with Crippen molar-refractivity contribution in [1.82, 2.24) is 19.6 Å². The molecule has 1 unspecified atom stereocenters. The van der Waals surface area contributed by atoms with E-state index < -0.39 is 5.91 Å². The first-order valence-electron chi connectivity index (χ1n) is 7.52. The third-order valence-electron chi connectivity index (χ3n) is 4.79. The third kappa shape index (κ3) is 2.12. The molecule has 3 aliphatic rings. The largest absolute Gasteiger partial charge is 0.366 e. The summed E-state index contributed by atoms with van der Waals surface area (Å²) in [6.07, 6.45) is 6.47. The minimum Gasteiger partial charge on any atom is -0.366 e. The van der Waals surface area contributed by atoms with Gasteiger partial charge in [-0.05, 0) is 19.3 Å². The molecule has 1 aliphatic carbocycles. The summed E-state index contributed by atoms with van der Waals surface area (Å²) in [5, 5.41) is 4.19. The molecule has 0 aromatic carbocycles. The minimum atomic E-state index is -0.455. The molecule has 1 aromatic heterocycles. The number of hydrogen-bond acceptors (Lipinski definition) is 4. The number of nitrogens with two attached hydrogens (primary N) is 1. The number of rotatable bonds is 4. The molecule has 7 heteroatoms. The summed E-state index contributed by atoms with van der Waals surface area (Å²) in [4.78, 5) is 27.7. The maximum absolute atomic E-state index is 12.4. The smallest absolute Gasteiger partial charge is 0.251 e. The second-order valence-electron chi connectivity index (χ2n) is 6.25. The zero-order chi connectivity index (χ0) is 14.6. The van der Waals surface area contributed by atoms with Crippen molar-refractivity contribution in [3.63, 3.8) is 0 Å². The predicted molar refractivity (Wildman–Crippen MR) is 74.5 cm³/mol. The van der Waals surface area contributed by atoms with Gasteiger partial charge in [-0.15, -0.1) is 0 Å². The fourth-order valence-corrected chi connectivity index (χ4v) is 3.35. The molecule has 1 saturated carbocycles. The van der Waals surface area contributed by atoms with Crippen molar-refractivity contribution in [3.05, 3.63) is 18.0 Å². The number of carbonyl (C=O) groups excluding carboxylic acids is 2. The Kier molecular flexibility index (Phi) is 2.78. The summed E-state index contributed by atoms with van der Waals surface area (Å²) in [6.45, 7) is 2.53. The van der Waals surface area contributed by atoms with Crippen molar-refractivity contribution in [2.75, 3.05) is 19.6 Å². The van der Waals surface area contributed by atoms with Gasteiger partial charge in [0, 0.05) is 31.9 Å². The Balaban J connectivity index is 1.36. The fraction of sp³-hybridized carbons (Fsp3) is 0.643. The van der Waals surface area contributed by atoms with Crippen molar-refractivity contribution in [3.8, 4) is 0 Å². The Hall–Kier alpha value is -1.89. The first-order valence-corrected chi connectivity index (χ1v) is 7.52. The Morgan fingerprint density at radius 1 is 1.24 bits per heavy atom. The lowest BCUT2D eigenvalue weighted by atomic mass is 10.0. The first kappa shape index (κ1) is 12.8. The number of likely N-dealkylation sites (tertiary alicyclic amines) is 2. The maximum Gasteiger partial charge on any atom is 0.251 e. The molecule has 7 nitrogen and oxygen atoms in total. The van der Waals surface area contributed by atoms with E-state index in [4.69, 9.17) is 5.73 Å². The molecule has 2 saturated heterocycles. The van der Waals surface area contributed by atoms with Crippen molar-refractivity contribution in [1.29, 1.82) is 0 Å². The van der Waals surface area contributed by atoms with Crippen LogP contribution >= 0.6 is 0 Å². The summed E-state index contributed by atoms with van der Waals surface area (Å²) in [7, 11) is 0. The highest BCUT2D eigenvalue weighted by atomic mass is 16.2. The standard InChI is InChI=1S/C14H19N5O2/c15-13(20)9-5-16-19(6-9)11-7-17(8-11)12-3-4-18(14(12)21)10-1-2-10/h5-6,10-12H,1-4,7-8H2,(H2,15,20). The fourth-order valence-electron chi connectivity index (χ4n) is 3.35. The molecular formula is C14H19N5O2. The van der Waals surface area contributed by atoms with E-state index in [-0.39, 0.29) is 12.1 Å². The Morgan fingerprint density at radius 3 is 2.62 bits per heavy atom. The number of nitrogens with zero attached hydrogens (tertiary/aromatic N) is 4. The van der Waals surface area contributed by atoms with Gasteiger partial charge in [0.05, 0.1) is 23.8 Å². The average Bonchev–Trinajstić information content (AvgIpc) is 3.00. The Morgan fingerprint density at radius 2 is 2.00 bits per heavy atom. The maximum atomic E-state index is 12.4. The van der Waals surface area contributed by atoms with E-state index in [2.05, 4.69) is 14.9 Å². The van der Waals surface area contributed by atoms with E-state index in [1.807, 2.05) is 0 Å². The lowest BCUT2D eigenvalue weighted by Crippen LogP contribution is -2.55. The molecule has 2 N–H and O–H groups in total. The molecule has 1 atom stereocenters. The highest BCUT2D eigenvalue weighted by Gasteiger charge is 2.46. The van der Waals surface area contributed by atoms with Crippen LogP contribution in [0.5, 0.6) is 0 Å². The number of primary amides is 1. The number of amides is 2. The summed E-state index contributed by atoms with van der Waals surface area (Å²) >= 11 is 0. The minimum absolute atomic E-state index is 0.0491. The highest BCUT2D eigenvalue weighted by molar-refractivity contribution is 5.92. The monoisotopic (exact) mass is 289 g/mol. The number of hydrogen-bond donors (Lipinski definition) is 1. The van der Waals surface area contributed by atoms with Gasteiger partial charge in [-0.1, -0.05) is 0 Å². The molecule has 0 spiro atoms. The van der Waals surface area contributed by atoms with Gasteiger partial charge in [0.15, 0.2) is 0 Å². The van der Waals surface area contributed by atoms with E-state index in [1.54, 1.807) is 10.9 Å². The summed E-state index contributed by atoms with van der Waals surface area (Å²) in [5.41, 5.74) is 5.66. The summed E-state index contributed by atoms with van der Waals surface area (Å²) in [5.74, 6) is -0.155. The van der Waals surface area contributed by atoms with Crippen LogP contribution in [0.1, 0.15) is 35.7 Å². The number of carbonyl (C=O) groups is 2. The van der Waals surface area contributed by atoms with Gasteiger partial charge in [-0.25, -0.2) is 0 Å². The van der Waals surface area contributed by atoms with Crippen LogP contribution in [-0.4, -0.2) is 63.1 Å². The zero-order valence-corrected chi connectivity index (χ0v) is 11.8. The normalized spacial score (nSPS) is 27.1. The number of aromatic nitrogens is 2. The lowest BCUT2D eigenvalue weighted by Gasteiger charge is -2.42. The quantitative estimate of drug-likeness (QED) is 0.817. The van der Waals surface area contributed by atoms with Gasteiger partial charge in [-0.3, -0.25) is 19.2 Å². The molecule has 0 radical (unpaired) electrons. The van der Waals surface area contributed by atoms with Crippen molar-refractivity contribution < 1.29 is 9.59 Å². The van der Waals surface area contributed by atoms with Crippen LogP contribution in [0.3, 0.4) is 0 Å². The van der Waals surface area contributed by atoms with Gasteiger partial charge in [0.1, 0.15) is 0 Å². The first-order chi connectivity index (χ1) is 10.1. The second-order valence-corrected chi connectivity index (χ2v) is 6.25. The molecule has 112 valence electrons. The van der Waals surface area contributed by atoms with Crippen LogP contribution in [0.15, 0.2) is 12.4 Å². The molecule has 2 aliphatic heterocycles. The molecular weight excluding hydrogens is 270 g/mol. The van der Waals surface area contributed by atoms with Crippen LogP contribution in [0.25, 0.3) is 0 Å². The topological polar surface area (TPSA) is 84.5 Å². The van der Waals surface area contributed by atoms with E-state index in [0.717, 1.165) is 26.1 Å². The molecule has 2 amide bonds. The third-order valence-corrected chi connectivity index (χ3v) is 4.79. The predicted octanol–water partition coefficient (Wildman–Crippen LogP) is -0.398. The zero-order valence-electron chi connectivity index (χ0n) is 11.8. The summed E-state index contributed by atoms with van der Waals surface area (Å²) in [6, 6.07) is 0.803. The van der Waals surface area contributed by atoms with Crippen LogP contribution in [0, 0.1) is 0 Å². The van der Waals surface area contributed by atoms with Gasteiger partial charge in [-0.2, -0.15) is 5.10 Å². The summed E-state index contributed by atoms with van der Waals surface area (Å²) < 4.78 is 1.79. The van der Waals surface area contributed by atoms with Crippen molar-refractivity contribution in [2.45, 2.75) is 37.4 Å². The van der Waals surface area contributed by atoms with Gasteiger partial charge >= 0.3 is 0 Å². The van der Waals surface area contributed by atoms with Crippen molar-refractivity contribution in [2.24, 2.45) is 5.73 Å². The van der Waals surface area contributed by atoms with Crippen LogP contribution in [0.4, 0.5) is 0 Å². The molecule has 3 fully saturated rings. The van der Waals surface area contributed by atoms with E-state index in [0.29, 0.717) is 17.5 Å². The van der Waals surface area contributed by atoms with Gasteiger partial charge in [0.25, 0.3) is 5.91 Å². The molecule has 3 heterocycles. The molecule has 21 heavy (non-hydrogen) atoms. The van der Waals surface area contributed by atoms with Crippen molar-refractivity contribution >= 4 is 11.8 Å². The van der Waals surface area contributed by atoms with Crippen LogP contribution < -0.4 is 5.73 Å². The average molecular weight is 289 g/mol. The van der Waals surface area contributed by atoms with E-state index >= 15 is 0 Å². The molecule has 1 aromatic rings. The highest BCUT2D eigenvalue weighted by Crippen LogP contribution is 2.34. The molecule has 0 bridgehead atoms. The van der Waals surface area contributed by atoms with Crippen LogP contribution in [0.2, 0.25) is 0 Å². The molecule has 4 rings (SSSR count). The van der Waals surface area contributed by atoms with Crippen LogP contribution in [-0.2, 0) is 4.79 Å². The van der Waals surface area contributed by atoms with E-state index in [1.165, 1.54) is 19.0 Å².